The third-order valence-corrected chi connectivity index (χ3v) is 5.65. The number of hydrogen-bond acceptors (Lipinski definition) is 5. The molecule has 0 aromatic heterocycles. The van der Waals surface area contributed by atoms with E-state index in [0.717, 1.165) is 5.56 Å². The van der Waals surface area contributed by atoms with Gasteiger partial charge in [0.1, 0.15) is 6.61 Å². The number of carbonyl (C=O) groups is 3. The fourth-order valence-corrected chi connectivity index (χ4v) is 4.41. The molecule has 2 heterocycles. The minimum Gasteiger partial charge on any atom is -0.444 e. The Hall–Kier alpha value is -3.19. The highest BCUT2D eigenvalue weighted by molar-refractivity contribution is 6.21. The number of ether oxygens (including phenoxy) is 2. The molecule has 0 aliphatic carbocycles. The first-order chi connectivity index (χ1) is 15.2. The van der Waals surface area contributed by atoms with E-state index in [2.05, 4.69) is 0 Å². The average Bonchev–Trinajstić information content (AvgIpc) is 3.26. The predicted molar refractivity (Wildman–Crippen MR) is 118 cm³/mol. The van der Waals surface area contributed by atoms with Crippen LogP contribution in [0, 0.1) is 0 Å². The van der Waals surface area contributed by atoms with Crippen molar-refractivity contribution < 1.29 is 23.9 Å². The molecule has 0 bridgehead atoms. The van der Waals surface area contributed by atoms with E-state index in [1.54, 1.807) is 24.3 Å². The Morgan fingerprint density at radius 3 is 2.16 bits per heavy atom. The fourth-order valence-electron chi connectivity index (χ4n) is 4.41. The second kappa shape index (κ2) is 8.39. The van der Waals surface area contributed by atoms with Crippen LogP contribution in [-0.4, -0.2) is 52.1 Å². The van der Waals surface area contributed by atoms with Crippen LogP contribution in [0.3, 0.4) is 0 Å². The molecule has 0 radical (unpaired) electrons. The molecule has 0 saturated carbocycles. The summed E-state index contributed by atoms with van der Waals surface area (Å²) in [4.78, 5) is 41.8. The molecule has 2 aliphatic rings. The molecule has 1 unspecified atom stereocenters. The van der Waals surface area contributed by atoms with Crippen LogP contribution in [0.15, 0.2) is 54.6 Å². The Kier molecular flexibility index (Phi) is 5.77. The molecule has 2 aromatic carbocycles. The maximum Gasteiger partial charge on any atom is 0.412 e. The fraction of sp³-hybridized carbons (Fsp3) is 0.400. The van der Waals surface area contributed by atoms with Gasteiger partial charge in [-0.2, -0.15) is 0 Å². The first kappa shape index (κ1) is 22.0. The van der Waals surface area contributed by atoms with Crippen molar-refractivity contribution in [2.45, 2.75) is 51.5 Å². The molecule has 1 fully saturated rings. The summed E-state index contributed by atoms with van der Waals surface area (Å²) in [7, 11) is 0. The van der Waals surface area contributed by atoms with E-state index in [-0.39, 0.29) is 25.0 Å². The first-order valence-corrected chi connectivity index (χ1v) is 10.8. The molecule has 0 N–H and O–H groups in total. The lowest BCUT2D eigenvalue weighted by molar-refractivity contribution is -0.191. The number of carbonyl (C=O) groups excluding carboxylic acids is 3. The van der Waals surface area contributed by atoms with E-state index in [9.17, 15) is 14.4 Å². The van der Waals surface area contributed by atoms with Gasteiger partial charge in [0.25, 0.3) is 11.8 Å². The summed E-state index contributed by atoms with van der Waals surface area (Å²) in [5.41, 5.74) is -0.137. The van der Waals surface area contributed by atoms with Crippen molar-refractivity contribution in [3.05, 3.63) is 71.3 Å². The Morgan fingerprint density at radius 2 is 1.56 bits per heavy atom. The minimum absolute atomic E-state index is 0.0446. The summed E-state index contributed by atoms with van der Waals surface area (Å²) in [6.07, 6.45) is 0.657. The van der Waals surface area contributed by atoms with Crippen LogP contribution in [0.4, 0.5) is 4.79 Å². The zero-order valence-corrected chi connectivity index (χ0v) is 18.7. The quantitative estimate of drug-likeness (QED) is 0.656. The summed E-state index contributed by atoms with van der Waals surface area (Å²) >= 11 is 0. The van der Waals surface area contributed by atoms with Gasteiger partial charge in [-0.1, -0.05) is 42.5 Å². The highest BCUT2D eigenvalue weighted by Gasteiger charge is 2.52. The molecule has 3 amide bonds. The lowest BCUT2D eigenvalue weighted by Crippen LogP contribution is -2.59. The second-order valence-electron chi connectivity index (χ2n) is 9.20. The Bertz CT molecular complexity index is 995. The SMILES string of the molecule is CC(C)(C)OC1(CN2C(=O)c3ccccc3C2=O)CCCN1C(=O)OCc1ccccc1. The lowest BCUT2D eigenvalue weighted by Gasteiger charge is -2.43. The van der Waals surface area contributed by atoms with Gasteiger partial charge < -0.3 is 9.47 Å². The standard InChI is InChI=1S/C25H28N2O5/c1-24(2,3)32-25(17-26-21(28)19-12-7-8-13-20(19)22(26)29)14-9-15-27(25)23(30)31-16-18-10-5-4-6-11-18/h4-8,10-13H,9,14-17H2,1-3H3. The van der Waals surface area contributed by atoms with E-state index in [1.165, 1.54) is 9.80 Å². The monoisotopic (exact) mass is 436 g/mol. The lowest BCUT2D eigenvalue weighted by atomic mass is 10.1. The third kappa shape index (κ3) is 4.25. The average molecular weight is 437 g/mol. The van der Waals surface area contributed by atoms with Gasteiger partial charge in [-0.15, -0.1) is 0 Å². The van der Waals surface area contributed by atoms with Crippen molar-refractivity contribution in [3.63, 3.8) is 0 Å². The molecule has 0 spiro atoms. The van der Waals surface area contributed by atoms with Gasteiger partial charge in [0, 0.05) is 6.54 Å². The van der Waals surface area contributed by atoms with Gasteiger partial charge in [0.2, 0.25) is 0 Å². The molecule has 1 atom stereocenters. The number of likely N-dealkylation sites (tertiary alicyclic amines) is 1. The maximum atomic E-state index is 13.1. The van der Waals surface area contributed by atoms with Crippen molar-refractivity contribution >= 4 is 17.9 Å². The van der Waals surface area contributed by atoms with Crippen LogP contribution < -0.4 is 0 Å². The number of rotatable bonds is 5. The number of nitrogens with zero attached hydrogens (tertiary/aromatic N) is 2. The van der Waals surface area contributed by atoms with Crippen molar-refractivity contribution in [1.29, 1.82) is 0 Å². The molecule has 32 heavy (non-hydrogen) atoms. The zero-order valence-electron chi connectivity index (χ0n) is 18.7. The maximum absolute atomic E-state index is 13.1. The number of fused-ring (bicyclic) bond motifs is 1. The molecule has 4 rings (SSSR count). The summed E-state index contributed by atoms with van der Waals surface area (Å²) in [6, 6.07) is 16.2. The molecule has 7 nitrogen and oxygen atoms in total. The van der Waals surface area contributed by atoms with E-state index in [4.69, 9.17) is 9.47 Å². The zero-order chi connectivity index (χ0) is 22.9. The molecular weight excluding hydrogens is 408 g/mol. The Morgan fingerprint density at radius 1 is 0.969 bits per heavy atom. The molecule has 2 aliphatic heterocycles. The summed E-state index contributed by atoms with van der Waals surface area (Å²) in [6.45, 7) is 6.19. The highest BCUT2D eigenvalue weighted by Crippen LogP contribution is 2.38. The van der Waals surface area contributed by atoms with Crippen LogP contribution in [0.2, 0.25) is 0 Å². The smallest absolute Gasteiger partial charge is 0.412 e. The molecule has 7 heteroatoms. The minimum atomic E-state index is -1.15. The summed E-state index contributed by atoms with van der Waals surface area (Å²) in [5, 5.41) is 0. The Balaban J connectivity index is 1.59. The first-order valence-electron chi connectivity index (χ1n) is 10.8. The van der Waals surface area contributed by atoms with Crippen molar-refractivity contribution in [2.75, 3.05) is 13.1 Å². The van der Waals surface area contributed by atoms with E-state index >= 15 is 0 Å². The normalized spacial score (nSPS) is 20.6. The van der Waals surface area contributed by atoms with Gasteiger partial charge in [0.15, 0.2) is 5.72 Å². The van der Waals surface area contributed by atoms with Crippen molar-refractivity contribution in [3.8, 4) is 0 Å². The van der Waals surface area contributed by atoms with Gasteiger partial charge in [0.05, 0.1) is 23.3 Å². The molecule has 1 saturated heterocycles. The van der Waals surface area contributed by atoms with E-state index in [0.29, 0.717) is 30.5 Å². The topological polar surface area (TPSA) is 76.2 Å². The van der Waals surface area contributed by atoms with Gasteiger partial charge in [-0.25, -0.2) is 4.79 Å². The third-order valence-electron chi connectivity index (χ3n) is 5.65. The summed E-state index contributed by atoms with van der Waals surface area (Å²) in [5.74, 6) is -0.737. The molecule has 168 valence electrons. The molecule has 2 aromatic rings. The highest BCUT2D eigenvalue weighted by atomic mass is 16.6. The van der Waals surface area contributed by atoms with Crippen molar-refractivity contribution in [2.24, 2.45) is 0 Å². The van der Waals surface area contributed by atoms with Gasteiger partial charge >= 0.3 is 6.09 Å². The second-order valence-corrected chi connectivity index (χ2v) is 9.20. The van der Waals surface area contributed by atoms with Crippen LogP contribution in [0.25, 0.3) is 0 Å². The number of hydrogen-bond donors (Lipinski definition) is 0. The number of amides is 3. The van der Waals surface area contributed by atoms with Gasteiger partial charge in [-0.3, -0.25) is 19.4 Å². The van der Waals surface area contributed by atoms with Crippen LogP contribution in [0.1, 0.15) is 59.9 Å². The Labute approximate surface area is 187 Å². The largest absolute Gasteiger partial charge is 0.444 e. The molecular formula is C25H28N2O5. The van der Waals surface area contributed by atoms with E-state index < -0.39 is 17.4 Å². The van der Waals surface area contributed by atoms with Crippen LogP contribution in [0.5, 0.6) is 0 Å². The number of benzene rings is 2. The van der Waals surface area contributed by atoms with E-state index in [1.807, 2.05) is 51.1 Å². The number of imide groups is 1. The van der Waals surface area contributed by atoms with Crippen LogP contribution in [-0.2, 0) is 16.1 Å². The van der Waals surface area contributed by atoms with Crippen LogP contribution >= 0.6 is 0 Å². The van der Waals surface area contributed by atoms with Gasteiger partial charge in [-0.05, 0) is 51.3 Å². The predicted octanol–water partition coefficient (Wildman–Crippen LogP) is 4.23. The summed E-state index contributed by atoms with van der Waals surface area (Å²) < 4.78 is 12.0. The van der Waals surface area contributed by atoms with Crippen molar-refractivity contribution in [1.82, 2.24) is 9.80 Å².